The van der Waals surface area contributed by atoms with Crippen LogP contribution >= 0.6 is 11.8 Å². The highest BCUT2D eigenvalue weighted by Crippen LogP contribution is 2.46. The number of hydrogen-bond donors (Lipinski definition) is 0. The molecule has 5 heteroatoms. The average Bonchev–Trinajstić information content (AvgIpc) is 3.08. The Hall–Kier alpha value is -3.71. The first-order valence-electron chi connectivity index (χ1n) is 15.2. The van der Waals surface area contributed by atoms with Gasteiger partial charge in [-0.05, 0) is 34.4 Å². The van der Waals surface area contributed by atoms with Gasteiger partial charge in [0.25, 0.3) is 0 Å². The molecule has 224 valence electrons. The van der Waals surface area contributed by atoms with Crippen molar-refractivity contribution in [2.45, 2.75) is 54.4 Å². The van der Waals surface area contributed by atoms with Gasteiger partial charge in [-0.25, -0.2) is 0 Å². The fourth-order valence-electron chi connectivity index (χ4n) is 5.55. The number of ether oxygens (including phenoxy) is 4. The highest BCUT2D eigenvalue weighted by Gasteiger charge is 2.53. The molecule has 1 aliphatic rings. The van der Waals surface area contributed by atoms with Gasteiger partial charge in [0.05, 0.1) is 26.4 Å². The first-order chi connectivity index (χ1) is 21.8. The van der Waals surface area contributed by atoms with Crippen LogP contribution in [0, 0.1) is 0 Å². The molecular weight excluding hydrogens is 564 g/mol. The lowest BCUT2D eigenvalue weighted by Crippen LogP contribution is -2.62. The lowest BCUT2D eigenvalue weighted by atomic mass is 9.93. The van der Waals surface area contributed by atoms with Crippen LogP contribution in [-0.4, -0.2) is 29.9 Å². The zero-order valence-electron chi connectivity index (χ0n) is 24.7. The summed E-state index contributed by atoms with van der Waals surface area (Å²) >= 11 is 1.71. The average molecular weight is 603 g/mol. The van der Waals surface area contributed by atoms with Crippen LogP contribution in [0.3, 0.4) is 0 Å². The van der Waals surface area contributed by atoms with Crippen molar-refractivity contribution in [3.05, 3.63) is 174 Å². The minimum absolute atomic E-state index is 0.333. The van der Waals surface area contributed by atoms with Crippen LogP contribution in [0.5, 0.6) is 0 Å². The molecule has 44 heavy (non-hydrogen) atoms. The molecule has 1 saturated heterocycles. The summed E-state index contributed by atoms with van der Waals surface area (Å²) in [5, 5.41) is 0. The van der Waals surface area contributed by atoms with Gasteiger partial charge in [0, 0.05) is 11.3 Å². The molecule has 0 amide bonds. The summed E-state index contributed by atoms with van der Waals surface area (Å²) in [4.78, 5) is 0.341. The Bertz CT molecular complexity index is 1480. The van der Waals surface area contributed by atoms with Gasteiger partial charge >= 0.3 is 0 Å². The van der Waals surface area contributed by atoms with Crippen LogP contribution in [0.2, 0.25) is 0 Å². The molecule has 0 spiro atoms. The summed E-state index contributed by atoms with van der Waals surface area (Å²) < 4.78 is 27.4. The Balaban J connectivity index is 1.38. The maximum atomic E-state index is 6.99. The molecule has 0 bridgehead atoms. The molecule has 1 heterocycles. The molecule has 5 aromatic carbocycles. The predicted molar refractivity (Wildman–Crippen MR) is 176 cm³/mol. The third kappa shape index (κ3) is 8.06. The van der Waals surface area contributed by atoms with Gasteiger partial charge in [-0.3, -0.25) is 0 Å². The predicted octanol–water partition coefficient (Wildman–Crippen LogP) is 8.50. The van der Waals surface area contributed by atoms with Crippen molar-refractivity contribution in [1.82, 2.24) is 0 Å². The normalized spacial score (nSPS) is 21.6. The SMILES string of the molecule is c1ccc(CO[C@@H]2[C@@H](OCc3ccccc3)[C@@](Cc3ccccc3)(Sc3ccccc3)OC[C@H]2OCc2ccccc2)cc1. The van der Waals surface area contributed by atoms with Gasteiger partial charge in [-0.15, -0.1) is 0 Å². The van der Waals surface area contributed by atoms with E-state index in [1.807, 2.05) is 66.7 Å². The lowest BCUT2D eigenvalue weighted by molar-refractivity contribution is -0.248. The fraction of sp³-hybridized carbons (Fsp3) is 0.231. The molecule has 1 fully saturated rings. The zero-order valence-corrected chi connectivity index (χ0v) is 25.6. The second kappa shape index (κ2) is 15.3. The third-order valence-corrected chi connectivity index (χ3v) is 9.13. The molecule has 0 N–H and O–H groups in total. The topological polar surface area (TPSA) is 36.9 Å². The second-order valence-electron chi connectivity index (χ2n) is 11.0. The van der Waals surface area contributed by atoms with Crippen molar-refractivity contribution in [1.29, 1.82) is 0 Å². The van der Waals surface area contributed by atoms with Crippen LogP contribution < -0.4 is 0 Å². The number of rotatable bonds is 13. The Morgan fingerprint density at radius 2 is 0.955 bits per heavy atom. The fourth-order valence-corrected chi connectivity index (χ4v) is 6.93. The summed E-state index contributed by atoms with van der Waals surface area (Å²) in [6.45, 7) is 1.71. The lowest BCUT2D eigenvalue weighted by Gasteiger charge is -2.49. The Labute approximate surface area is 265 Å². The Morgan fingerprint density at radius 1 is 0.523 bits per heavy atom. The highest BCUT2D eigenvalue weighted by molar-refractivity contribution is 8.00. The summed E-state index contributed by atoms with van der Waals surface area (Å²) in [6, 6.07) is 51.8. The second-order valence-corrected chi connectivity index (χ2v) is 12.4. The molecule has 4 atom stereocenters. The molecule has 0 aromatic heterocycles. The van der Waals surface area contributed by atoms with E-state index in [4.69, 9.17) is 18.9 Å². The molecular formula is C39H38O4S. The molecule has 0 aliphatic carbocycles. The van der Waals surface area contributed by atoms with E-state index in [2.05, 4.69) is 84.9 Å². The standard InChI is InChI=1S/C39H38O4S/c1-6-16-31(17-7-1)26-39(44-35-24-14-5-15-25-35)38(42-29-34-22-12-4-13-23-34)37(41-28-33-20-10-3-11-21-33)36(30-43-39)40-27-32-18-8-2-9-19-32/h1-25,36-38H,26-30H2/t36-,37+,38-,39-/m1/s1. The highest BCUT2D eigenvalue weighted by atomic mass is 32.2. The van der Waals surface area contributed by atoms with Gasteiger partial charge < -0.3 is 18.9 Å². The van der Waals surface area contributed by atoms with Crippen molar-refractivity contribution >= 4 is 11.8 Å². The van der Waals surface area contributed by atoms with E-state index in [1.165, 1.54) is 5.56 Å². The van der Waals surface area contributed by atoms with Crippen molar-refractivity contribution in [3.8, 4) is 0 Å². The van der Waals surface area contributed by atoms with E-state index in [0.717, 1.165) is 21.6 Å². The molecule has 0 saturated carbocycles. The van der Waals surface area contributed by atoms with Crippen LogP contribution in [0.1, 0.15) is 22.3 Å². The van der Waals surface area contributed by atoms with E-state index in [-0.39, 0.29) is 6.10 Å². The molecule has 6 rings (SSSR count). The van der Waals surface area contributed by atoms with E-state index in [1.54, 1.807) is 11.8 Å². The summed E-state index contributed by atoms with van der Waals surface area (Å²) in [5.74, 6) is 0. The van der Waals surface area contributed by atoms with E-state index >= 15 is 0 Å². The van der Waals surface area contributed by atoms with Gasteiger partial charge in [0.2, 0.25) is 0 Å². The molecule has 0 radical (unpaired) electrons. The third-order valence-electron chi connectivity index (χ3n) is 7.78. The molecule has 1 aliphatic heterocycles. The monoisotopic (exact) mass is 602 g/mol. The minimum atomic E-state index is -0.772. The summed E-state index contributed by atoms with van der Waals surface area (Å²) in [7, 11) is 0. The van der Waals surface area contributed by atoms with Gasteiger partial charge in [-0.1, -0.05) is 151 Å². The molecule has 4 nitrogen and oxygen atoms in total. The number of benzene rings is 5. The Morgan fingerprint density at radius 3 is 1.48 bits per heavy atom. The molecule has 5 aromatic rings. The van der Waals surface area contributed by atoms with Gasteiger partial charge in [-0.2, -0.15) is 0 Å². The number of hydrogen-bond acceptors (Lipinski definition) is 5. The first kappa shape index (κ1) is 30.3. The van der Waals surface area contributed by atoms with E-state index in [0.29, 0.717) is 32.8 Å². The maximum Gasteiger partial charge on any atom is 0.151 e. The summed E-state index contributed by atoms with van der Waals surface area (Å²) in [5.41, 5.74) is 4.48. The van der Waals surface area contributed by atoms with E-state index < -0.39 is 17.1 Å². The van der Waals surface area contributed by atoms with E-state index in [9.17, 15) is 0 Å². The summed E-state index contributed by atoms with van der Waals surface area (Å²) in [6.07, 6.45) is -0.536. The van der Waals surface area contributed by atoms with Crippen molar-refractivity contribution in [2.75, 3.05) is 6.61 Å². The van der Waals surface area contributed by atoms with Crippen LogP contribution in [0.25, 0.3) is 0 Å². The van der Waals surface area contributed by atoms with Crippen LogP contribution in [0.15, 0.2) is 157 Å². The van der Waals surface area contributed by atoms with Crippen molar-refractivity contribution < 1.29 is 18.9 Å². The number of thioether (sulfide) groups is 1. The van der Waals surface area contributed by atoms with Crippen LogP contribution in [-0.2, 0) is 45.2 Å². The van der Waals surface area contributed by atoms with Crippen molar-refractivity contribution in [3.63, 3.8) is 0 Å². The largest absolute Gasteiger partial charge is 0.368 e. The van der Waals surface area contributed by atoms with Gasteiger partial charge in [0.15, 0.2) is 4.93 Å². The van der Waals surface area contributed by atoms with Crippen molar-refractivity contribution in [2.24, 2.45) is 0 Å². The minimum Gasteiger partial charge on any atom is -0.368 e. The van der Waals surface area contributed by atoms with Gasteiger partial charge in [0.1, 0.15) is 18.3 Å². The zero-order chi connectivity index (χ0) is 29.9. The quantitative estimate of drug-likeness (QED) is 0.135. The van der Waals surface area contributed by atoms with Crippen LogP contribution in [0.4, 0.5) is 0 Å². The smallest absolute Gasteiger partial charge is 0.151 e. The first-order valence-corrected chi connectivity index (χ1v) is 16.0. The Kier molecular flexibility index (Phi) is 10.6. The maximum absolute atomic E-state index is 6.99. The molecule has 0 unspecified atom stereocenters.